The van der Waals surface area contributed by atoms with Gasteiger partial charge in [0.15, 0.2) is 0 Å². The van der Waals surface area contributed by atoms with Gasteiger partial charge < -0.3 is 10.2 Å². The Morgan fingerprint density at radius 1 is 0.872 bits per heavy atom. The quantitative estimate of drug-likeness (QED) is 0.281. The van der Waals surface area contributed by atoms with Crippen LogP contribution in [0, 0.1) is 0 Å². The Morgan fingerprint density at radius 3 is 2.13 bits per heavy atom. The summed E-state index contributed by atoms with van der Waals surface area (Å²) in [5, 5.41) is 3.41. The van der Waals surface area contributed by atoms with Gasteiger partial charge in [0.1, 0.15) is 12.6 Å². The standard InChI is InChI=1S/C28H30Cl3N3O4S/c1-4-19(2)32-28(36)20(3)33(17-21-11-8-9-14-23(21)29)26(35)18-34(25-16-10-15-24(30)27(25)31)39(37,38)22-12-6-5-7-13-22/h5-16,19-20H,4,17-18H2,1-3H3,(H,32,36). The Hall–Kier alpha value is -2.78. The van der Waals surface area contributed by atoms with Gasteiger partial charge in [-0.1, -0.05) is 84.2 Å². The third kappa shape index (κ3) is 7.45. The normalized spacial score (nSPS) is 12.9. The Labute approximate surface area is 244 Å². The fourth-order valence-corrected chi connectivity index (χ4v) is 5.87. The molecule has 1 N–H and O–H groups in total. The van der Waals surface area contributed by atoms with Crippen LogP contribution in [0.5, 0.6) is 0 Å². The lowest BCUT2D eigenvalue weighted by Crippen LogP contribution is -2.52. The molecule has 0 aliphatic heterocycles. The molecular formula is C28H30Cl3N3O4S. The van der Waals surface area contributed by atoms with E-state index in [0.29, 0.717) is 17.0 Å². The third-order valence-corrected chi connectivity index (χ3v) is 9.23. The zero-order valence-corrected chi connectivity index (χ0v) is 24.9. The van der Waals surface area contributed by atoms with Crippen LogP contribution in [0.3, 0.4) is 0 Å². The summed E-state index contributed by atoms with van der Waals surface area (Å²) in [4.78, 5) is 28.3. The third-order valence-electron chi connectivity index (χ3n) is 6.28. The molecule has 3 rings (SSSR count). The molecule has 0 bridgehead atoms. The van der Waals surface area contributed by atoms with Gasteiger partial charge in [-0.3, -0.25) is 13.9 Å². The Bertz CT molecular complexity index is 1420. The molecule has 2 amide bonds. The second kappa shape index (κ2) is 13.5. The molecule has 3 aromatic rings. The minimum absolute atomic E-state index is 0.0178. The van der Waals surface area contributed by atoms with E-state index >= 15 is 0 Å². The van der Waals surface area contributed by atoms with E-state index in [4.69, 9.17) is 34.8 Å². The monoisotopic (exact) mass is 609 g/mol. The van der Waals surface area contributed by atoms with Crippen LogP contribution in [0.2, 0.25) is 15.1 Å². The molecule has 0 radical (unpaired) electrons. The number of rotatable bonds is 11. The van der Waals surface area contributed by atoms with Crippen molar-refractivity contribution >= 4 is 62.3 Å². The predicted octanol–water partition coefficient (Wildman–Crippen LogP) is 6.17. The van der Waals surface area contributed by atoms with Crippen molar-refractivity contribution in [1.82, 2.24) is 10.2 Å². The van der Waals surface area contributed by atoms with Crippen LogP contribution >= 0.6 is 34.8 Å². The van der Waals surface area contributed by atoms with Crippen molar-refractivity contribution in [3.05, 3.63) is 93.4 Å². The van der Waals surface area contributed by atoms with Crippen molar-refractivity contribution in [2.75, 3.05) is 10.8 Å². The summed E-state index contributed by atoms with van der Waals surface area (Å²) >= 11 is 19.0. The van der Waals surface area contributed by atoms with E-state index in [2.05, 4.69) is 5.32 Å². The molecule has 3 aromatic carbocycles. The number of sulfonamides is 1. The first-order chi connectivity index (χ1) is 18.5. The molecule has 0 spiro atoms. The van der Waals surface area contributed by atoms with E-state index in [-0.39, 0.29) is 39.1 Å². The summed E-state index contributed by atoms with van der Waals surface area (Å²) in [6.07, 6.45) is 0.702. The molecule has 208 valence electrons. The average molecular weight is 611 g/mol. The van der Waals surface area contributed by atoms with Gasteiger partial charge in [-0.15, -0.1) is 0 Å². The first kappa shape index (κ1) is 30.8. The first-order valence-corrected chi connectivity index (χ1v) is 14.9. The van der Waals surface area contributed by atoms with Gasteiger partial charge in [0.05, 0.1) is 20.6 Å². The van der Waals surface area contributed by atoms with Gasteiger partial charge in [0.2, 0.25) is 11.8 Å². The fourth-order valence-electron chi connectivity index (χ4n) is 3.78. The predicted molar refractivity (Wildman–Crippen MR) is 157 cm³/mol. The van der Waals surface area contributed by atoms with E-state index in [1.807, 2.05) is 13.8 Å². The number of nitrogens with one attached hydrogen (secondary N) is 1. The van der Waals surface area contributed by atoms with E-state index < -0.39 is 28.5 Å². The molecular weight excluding hydrogens is 581 g/mol. The molecule has 11 heteroatoms. The number of anilines is 1. The van der Waals surface area contributed by atoms with Gasteiger partial charge in [0, 0.05) is 17.6 Å². The van der Waals surface area contributed by atoms with Crippen LogP contribution in [-0.2, 0) is 26.2 Å². The molecule has 0 aliphatic rings. The van der Waals surface area contributed by atoms with Gasteiger partial charge in [-0.05, 0) is 56.2 Å². The number of hydrogen-bond donors (Lipinski definition) is 1. The highest BCUT2D eigenvalue weighted by atomic mass is 35.5. The second-order valence-electron chi connectivity index (χ2n) is 9.00. The maximum absolute atomic E-state index is 13.9. The van der Waals surface area contributed by atoms with Crippen molar-refractivity contribution in [3.63, 3.8) is 0 Å². The molecule has 0 saturated carbocycles. The highest BCUT2D eigenvalue weighted by molar-refractivity contribution is 7.92. The van der Waals surface area contributed by atoms with Crippen molar-refractivity contribution in [3.8, 4) is 0 Å². The molecule has 0 saturated heterocycles. The molecule has 0 fully saturated rings. The van der Waals surface area contributed by atoms with Crippen LogP contribution < -0.4 is 9.62 Å². The molecule has 2 unspecified atom stereocenters. The number of halogens is 3. The summed E-state index contributed by atoms with van der Waals surface area (Å²) < 4.78 is 28.5. The summed E-state index contributed by atoms with van der Waals surface area (Å²) in [7, 11) is -4.26. The molecule has 0 aromatic heterocycles. The highest BCUT2D eigenvalue weighted by Crippen LogP contribution is 2.35. The molecule has 7 nitrogen and oxygen atoms in total. The Balaban J connectivity index is 2.07. The van der Waals surface area contributed by atoms with Gasteiger partial charge >= 0.3 is 0 Å². The van der Waals surface area contributed by atoms with Crippen molar-refractivity contribution in [2.24, 2.45) is 0 Å². The highest BCUT2D eigenvalue weighted by Gasteiger charge is 2.34. The zero-order chi connectivity index (χ0) is 28.7. The van der Waals surface area contributed by atoms with Crippen LogP contribution in [-0.4, -0.2) is 43.8 Å². The van der Waals surface area contributed by atoms with E-state index in [0.717, 1.165) is 4.31 Å². The fraction of sp³-hybridized carbons (Fsp3) is 0.286. The van der Waals surface area contributed by atoms with Crippen LogP contribution in [0.25, 0.3) is 0 Å². The number of carbonyl (C=O) groups excluding carboxylic acids is 2. The number of carbonyl (C=O) groups is 2. The number of nitrogens with zero attached hydrogens (tertiary/aromatic N) is 2. The van der Waals surface area contributed by atoms with Gasteiger partial charge in [-0.25, -0.2) is 8.42 Å². The minimum Gasteiger partial charge on any atom is -0.352 e. The minimum atomic E-state index is -4.26. The zero-order valence-electron chi connectivity index (χ0n) is 21.8. The Kier molecular flexibility index (Phi) is 10.7. The molecule has 39 heavy (non-hydrogen) atoms. The number of benzene rings is 3. The lowest BCUT2D eigenvalue weighted by atomic mass is 10.1. The average Bonchev–Trinajstić information content (AvgIpc) is 2.92. The Morgan fingerprint density at radius 2 is 1.49 bits per heavy atom. The van der Waals surface area contributed by atoms with Crippen LogP contribution in [0.15, 0.2) is 77.7 Å². The van der Waals surface area contributed by atoms with Crippen LogP contribution in [0.1, 0.15) is 32.8 Å². The maximum Gasteiger partial charge on any atom is 0.264 e. The van der Waals surface area contributed by atoms with E-state index in [1.165, 1.54) is 29.2 Å². The van der Waals surface area contributed by atoms with Crippen molar-refractivity contribution in [2.45, 2.75) is 50.7 Å². The van der Waals surface area contributed by atoms with Crippen molar-refractivity contribution in [1.29, 1.82) is 0 Å². The summed E-state index contributed by atoms with van der Waals surface area (Å²) in [6, 6.07) is 18.1. The maximum atomic E-state index is 13.9. The van der Waals surface area contributed by atoms with Crippen LogP contribution in [0.4, 0.5) is 5.69 Å². The molecule has 2 atom stereocenters. The largest absolute Gasteiger partial charge is 0.352 e. The smallest absolute Gasteiger partial charge is 0.264 e. The lowest BCUT2D eigenvalue weighted by molar-refractivity contribution is -0.139. The summed E-state index contributed by atoms with van der Waals surface area (Å²) in [5.74, 6) is -1.000. The van der Waals surface area contributed by atoms with Crippen molar-refractivity contribution < 1.29 is 18.0 Å². The molecule has 0 aliphatic carbocycles. The van der Waals surface area contributed by atoms with Gasteiger partial charge in [0.25, 0.3) is 10.0 Å². The van der Waals surface area contributed by atoms with E-state index in [1.54, 1.807) is 55.5 Å². The summed E-state index contributed by atoms with van der Waals surface area (Å²) in [6.45, 7) is 4.73. The van der Waals surface area contributed by atoms with E-state index in [9.17, 15) is 18.0 Å². The summed E-state index contributed by atoms with van der Waals surface area (Å²) in [5.41, 5.74) is 0.643. The lowest BCUT2D eigenvalue weighted by Gasteiger charge is -2.33. The topological polar surface area (TPSA) is 86.8 Å². The SMILES string of the molecule is CCC(C)NC(=O)C(C)N(Cc1ccccc1Cl)C(=O)CN(c1cccc(Cl)c1Cl)S(=O)(=O)c1ccccc1. The second-order valence-corrected chi connectivity index (χ2v) is 12.1. The number of hydrogen-bond acceptors (Lipinski definition) is 4. The first-order valence-electron chi connectivity index (χ1n) is 12.3. The van der Waals surface area contributed by atoms with Gasteiger partial charge in [-0.2, -0.15) is 0 Å². The number of amides is 2. The molecule has 0 heterocycles.